The van der Waals surface area contributed by atoms with E-state index in [0.29, 0.717) is 17.5 Å². The Morgan fingerprint density at radius 3 is 1.83 bits per heavy atom. The van der Waals surface area contributed by atoms with Gasteiger partial charge in [0.05, 0.1) is 11.0 Å². The minimum absolute atomic E-state index is 0.591. The number of aromatic nitrogens is 4. The average molecular weight is 665 g/mol. The SMILES string of the molecule is c1ccc2cc3c(cc2c1)c1ccccc1n3-c1ccc(-c2nc(-c3ccc4c(c3)oc3ccccc34)nc(-c3cccc4ccccc34)n2)cc1. The maximum atomic E-state index is 6.26. The first kappa shape index (κ1) is 28.7. The van der Waals surface area contributed by atoms with E-state index in [9.17, 15) is 0 Å². The first-order valence-corrected chi connectivity index (χ1v) is 17.4. The summed E-state index contributed by atoms with van der Waals surface area (Å²) in [6.45, 7) is 0. The van der Waals surface area contributed by atoms with Crippen molar-refractivity contribution in [1.82, 2.24) is 19.5 Å². The quantitative estimate of drug-likeness (QED) is 0.188. The second-order valence-electron chi connectivity index (χ2n) is 13.3. The molecule has 0 atom stereocenters. The van der Waals surface area contributed by atoms with Crippen LogP contribution < -0.4 is 0 Å². The lowest BCUT2D eigenvalue weighted by molar-refractivity contribution is 0.669. The molecule has 3 heterocycles. The Kier molecular flexibility index (Phi) is 6.18. The molecule has 0 bridgehead atoms. The number of nitrogens with zero attached hydrogens (tertiary/aromatic N) is 4. The monoisotopic (exact) mass is 664 g/mol. The topological polar surface area (TPSA) is 56.7 Å². The van der Waals surface area contributed by atoms with Gasteiger partial charge in [0.2, 0.25) is 0 Å². The lowest BCUT2D eigenvalue weighted by Gasteiger charge is -2.12. The molecule has 11 aromatic rings. The van der Waals surface area contributed by atoms with Gasteiger partial charge in [-0.1, -0.05) is 109 Å². The number of furan rings is 1. The molecule has 8 aromatic carbocycles. The Balaban J connectivity index is 1.09. The fourth-order valence-corrected chi connectivity index (χ4v) is 7.73. The normalized spacial score (nSPS) is 11.8. The molecule has 0 aliphatic carbocycles. The van der Waals surface area contributed by atoms with Crippen LogP contribution in [0.1, 0.15) is 0 Å². The molecular weight excluding hydrogens is 637 g/mol. The van der Waals surface area contributed by atoms with E-state index in [1.807, 2.05) is 24.3 Å². The van der Waals surface area contributed by atoms with E-state index < -0.39 is 0 Å². The van der Waals surface area contributed by atoms with Crippen molar-refractivity contribution in [1.29, 1.82) is 0 Å². The molecule has 242 valence electrons. The van der Waals surface area contributed by atoms with Gasteiger partial charge in [0.1, 0.15) is 11.2 Å². The summed E-state index contributed by atoms with van der Waals surface area (Å²) in [7, 11) is 0. The van der Waals surface area contributed by atoms with Crippen LogP contribution in [0.5, 0.6) is 0 Å². The Hall–Kier alpha value is -7.11. The van der Waals surface area contributed by atoms with Crippen LogP contribution >= 0.6 is 0 Å². The van der Waals surface area contributed by atoms with Crippen LogP contribution in [0, 0.1) is 0 Å². The number of hydrogen-bond donors (Lipinski definition) is 0. The van der Waals surface area contributed by atoms with E-state index in [1.54, 1.807) is 0 Å². The standard InChI is InChI=1S/C47H28N4O/c1-2-12-32-27-42-40(26-31(32)11-1)36-15-5-7-18-41(36)51(42)34-23-20-30(21-24-34)45-48-46(33-22-25-38-37-16-6-8-19-43(37)52-44(38)28-33)50-47(49-45)39-17-9-13-29-10-3-4-14-35(29)39/h1-28H. The average Bonchev–Trinajstić information content (AvgIpc) is 3.74. The summed E-state index contributed by atoms with van der Waals surface area (Å²) in [5.74, 6) is 1.82. The Bertz CT molecular complexity index is 3190. The molecule has 0 aliphatic heterocycles. The van der Waals surface area contributed by atoms with Crippen molar-refractivity contribution < 1.29 is 4.42 Å². The molecule has 52 heavy (non-hydrogen) atoms. The van der Waals surface area contributed by atoms with E-state index in [2.05, 4.69) is 150 Å². The first-order chi connectivity index (χ1) is 25.7. The van der Waals surface area contributed by atoms with Crippen LogP contribution in [-0.4, -0.2) is 19.5 Å². The third-order valence-corrected chi connectivity index (χ3v) is 10.2. The maximum absolute atomic E-state index is 6.26. The zero-order valence-electron chi connectivity index (χ0n) is 27.9. The highest BCUT2D eigenvalue weighted by Gasteiger charge is 2.17. The minimum Gasteiger partial charge on any atom is -0.456 e. The van der Waals surface area contributed by atoms with Crippen molar-refractivity contribution in [3.63, 3.8) is 0 Å². The molecular formula is C47H28N4O. The Labute approximate surface area is 298 Å². The van der Waals surface area contributed by atoms with Gasteiger partial charge >= 0.3 is 0 Å². The van der Waals surface area contributed by atoms with E-state index >= 15 is 0 Å². The van der Waals surface area contributed by atoms with Crippen LogP contribution in [0.2, 0.25) is 0 Å². The van der Waals surface area contributed by atoms with Gasteiger partial charge < -0.3 is 8.98 Å². The third-order valence-electron chi connectivity index (χ3n) is 10.2. The number of fused-ring (bicyclic) bond motifs is 8. The van der Waals surface area contributed by atoms with Gasteiger partial charge in [-0.25, -0.2) is 15.0 Å². The summed E-state index contributed by atoms with van der Waals surface area (Å²) >= 11 is 0. The highest BCUT2D eigenvalue weighted by atomic mass is 16.3. The van der Waals surface area contributed by atoms with Gasteiger partial charge in [-0.05, 0) is 82.2 Å². The van der Waals surface area contributed by atoms with Gasteiger partial charge in [0, 0.05) is 43.9 Å². The number of rotatable bonds is 4. The van der Waals surface area contributed by atoms with Crippen LogP contribution in [0.25, 0.3) is 105 Å². The number of benzene rings is 8. The van der Waals surface area contributed by atoms with Crippen LogP contribution in [0.4, 0.5) is 0 Å². The smallest absolute Gasteiger partial charge is 0.164 e. The van der Waals surface area contributed by atoms with E-state index in [1.165, 1.54) is 32.6 Å². The summed E-state index contributed by atoms with van der Waals surface area (Å²) < 4.78 is 8.61. The van der Waals surface area contributed by atoms with Gasteiger partial charge in [0.25, 0.3) is 0 Å². The molecule has 0 saturated carbocycles. The molecule has 0 N–H and O–H groups in total. The van der Waals surface area contributed by atoms with Gasteiger partial charge in [0.15, 0.2) is 17.5 Å². The predicted octanol–water partition coefficient (Wildman–Crippen LogP) is 12.2. The van der Waals surface area contributed by atoms with Crippen LogP contribution in [0.15, 0.2) is 174 Å². The summed E-state index contributed by atoms with van der Waals surface area (Å²) in [6, 6.07) is 59.3. The van der Waals surface area contributed by atoms with Crippen molar-refractivity contribution in [2.75, 3.05) is 0 Å². The predicted molar refractivity (Wildman–Crippen MR) is 213 cm³/mol. The minimum atomic E-state index is 0.591. The molecule has 0 amide bonds. The highest BCUT2D eigenvalue weighted by Crippen LogP contribution is 2.37. The molecule has 0 radical (unpaired) electrons. The maximum Gasteiger partial charge on any atom is 0.164 e. The number of para-hydroxylation sites is 2. The zero-order chi connectivity index (χ0) is 34.2. The summed E-state index contributed by atoms with van der Waals surface area (Å²) in [6.07, 6.45) is 0. The molecule has 5 heteroatoms. The van der Waals surface area contributed by atoms with E-state index in [-0.39, 0.29) is 0 Å². The summed E-state index contributed by atoms with van der Waals surface area (Å²) in [4.78, 5) is 15.3. The lowest BCUT2D eigenvalue weighted by Crippen LogP contribution is -2.01. The second kappa shape index (κ2) is 11.2. The van der Waals surface area contributed by atoms with Crippen LogP contribution in [0.3, 0.4) is 0 Å². The summed E-state index contributed by atoms with van der Waals surface area (Å²) in [5.41, 5.74) is 7.81. The molecule has 0 fully saturated rings. The van der Waals surface area contributed by atoms with Crippen molar-refractivity contribution in [3.8, 4) is 39.9 Å². The molecule has 11 rings (SSSR count). The van der Waals surface area contributed by atoms with E-state index in [4.69, 9.17) is 19.4 Å². The largest absolute Gasteiger partial charge is 0.456 e. The Morgan fingerprint density at radius 2 is 0.981 bits per heavy atom. The van der Waals surface area contributed by atoms with Gasteiger partial charge in [-0.3, -0.25) is 0 Å². The molecule has 0 spiro atoms. The van der Waals surface area contributed by atoms with Crippen molar-refractivity contribution in [2.45, 2.75) is 0 Å². The fraction of sp³-hybridized carbons (Fsp3) is 0. The van der Waals surface area contributed by atoms with E-state index in [0.717, 1.165) is 55.1 Å². The Morgan fingerprint density at radius 1 is 0.365 bits per heavy atom. The first-order valence-electron chi connectivity index (χ1n) is 17.4. The molecule has 5 nitrogen and oxygen atoms in total. The highest BCUT2D eigenvalue weighted by molar-refractivity contribution is 6.13. The fourth-order valence-electron chi connectivity index (χ4n) is 7.73. The summed E-state index contributed by atoms with van der Waals surface area (Å²) in [5, 5.41) is 9.31. The lowest BCUT2D eigenvalue weighted by atomic mass is 10.0. The number of hydrogen-bond acceptors (Lipinski definition) is 4. The van der Waals surface area contributed by atoms with Crippen molar-refractivity contribution >= 4 is 65.3 Å². The third kappa shape index (κ3) is 4.46. The van der Waals surface area contributed by atoms with Crippen molar-refractivity contribution in [3.05, 3.63) is 170 Å². The second-order valence-corrected chi connectivity index (χ2v) is 13.3. The van der Waals surface area contributed by atoms with Crippen LogP contribution in [-0.2, 0) is 0 Å². The van der Waals surface area contributed by atoms with Gasteiger partial charge in [-0.15, -0.1) is 0 Å². The van der Waals surface area contributed by atoms with Gasteiger partial charge in [-0.2, -0.15) is 0 Å². The molecule has 0 unspecified atom stereocenters. The zero-order valence-corrected chi connectivity index (χ0v) is 27.9. The molecule has 0 aliphatic rings. The van der Waals surface area contributed by atoms with Crippen molar-refractivity contribution in [2.24, 2.45) is 0 Å². The molecule has 3 aromatic heterocycles. The molecule has 0 saturated heterocycles.